The average molecular weight is 162 g/mol. The molecule has 60 valence electrons. The summed E-state index contributed by atoms with van der Waals surface area (Å²) >= 11 is 1.32. The number of amides is 1. The maximum absolute atomic E-state index is 10.8. The van der Waals surface area contributed by atoms with E-state index >= 15 is 0 Å². The lowest BCUT2D eigenvalue weighted by atomic mass is 10.2. The lowest BCUT2D eigenvalue weighted by Gasteiger charge is -2.03. The van der Waals surface area contributed by atoms with Gasteiger partial charge in [0.1, 0.15) is 0 Å². The summed E-state index contributed by atoms with van der Waals surface area (Å²) in [5.41, 5.74) is 5.45. The summed E-state index contributed by atoms with van der Waals surface area (Å²) < 4.78 is 2.62. The summed E-state index contributed by atoms with van der Waals surface area (Å²) in [6, 6.07) is 0.118. The van der Waals surface area contributed by atoms with Gasteiger partial charge >= 0.3 is 0 Å². The van der Waals surface area contributed by atoms with Crippen LogP contribution in [0.1, 0.15) is 19.8 Å². The van der Waals surface area contributed by atoms with Crippen LogP contribution in [0, 0.1) is 0 Å². The summed E-state index contributed by atoms with van der Waals surface area (Å²) in [7, 11) is 0. The third-order valence-corrected chi connectivity index (χ3v) is 1.47. The molecule has 0 aliphatic heterocycles. The van der Waals surface area contributed by atoms with Crippen LogP contribution in [0.25, 0.3) is 0 Å². The third-order valence-electron chi connectivity index (χ3n) is 1.04. The number of rotatable bonds is 4. The summed E-state index contributed by atoms with van der Waals surface area (Å²) in [4.78, 5) is 10.8. The van der Waals surface area contributed by atoms with Crippen LogP contribution in [0.15, 0.2) is 0 Å². The maximum atomic E-state index is 10.8. The fraction of sp³-hybridized carbons (Fsp3) is 0.833. The Kier molecular flexibility index (Phi) is 5.43. The van der Waals surface area contributed by atoms with E-state index in [1.165, 1.54) is 11.9 Å². The zero-order chi connectivity index (χ0) is 7.98. The lowest BCUT2D eigenvalue weighted by Crippen LogP contribution is -2.20. The molecule has 1 unspecified atom stereocenters. The Morgan fingerprint density at radius 1 is 1.80 bits per heavy atom. The minimum Gasteiger partial charge on any atom is -0.328 e. The molecule has 3 N–H and O–H groups in total. The van der Waals surface area contributed by atoms with Gasteiger partial charge in [0.2, 0.25) is 5.91 Å². The van der Waals surface area contributed by atoms with Crippen molar-refractivity contribution < 1.29 is 4.79 Å². The molecule has 0 saturated carbocycles. The van der Waals surface area contributed by atoms with Crippen LogP contribution in [-0.2, 0) is 4.79 Å². The van der Waals surface area contributed by atoms with Gasteiger partial charge < -0.3 is 10.5 Å². The van der Waals surface area contributed by atoms with Crippen LogP contribution < -0.4 is 10.5 Å². The predicted molar refractivity (Wildman–Crippen MR) is 44.5 cm³/mol. The largest absolute Gasteiger partial charge is 0.328 e. The summed E-state index contributed by atoms with van der Waals surface area (Å²) in [5, 5.41) is 0. The van der Waals surface area contributed by atoms with Crippen LogP contribution >= 0.6 is 11.9 Å². The molecule has 0 bridgehead atoms. The van der Waals surface area contributed by atoms with Gasteiger partial charge in [-0.25, -0.2) is 0 Å². The molecule has 10 heavy (non-hydrogen) atoms. The smallest absolute Gasteiger partial charge is 0.229 e. The monoisotopic (exact) mass is 162 g/mol. The Morgan fingerprint density at radius 2 is 2.40 bits per heavy atom. The van der Waals surface area contributed by atoms with E-state index in [2.05, 4.69) is 4.72 Å². The molecule has 0 aromatic heterocycles. The van der Waals surface area contributed by atoms with Crippen LogP contribution in [0.5, 0.6) is 0 Å². The van der Waals surface area contributed by atoms with Crippen molar-refractivity contribution in [2.45, 2.75) is 25.8 Å². The van der Waals surface area contributed by atoms with E-state index in [0.29, 0.717) is 6.42 Å². The molecule has 0 heterocycles. The molecule has 0 rings (SSSR count). The summed E-state index contributed by atoms with van der Waals surface area (Å²) in [6.07, 6.45) is 3.11. The minimum atomic E-state index is 0.0600. The van der Waals surface area contributed by atoms with Gasteiger partial charge in [-0.15, -0.1) is 0 Å². The van der Waals surface area contributed by atoms with E-state index in [9.17, 15) is 4.79 Å². The van der Waals surface area contributed by atoms with Gasteiger partial charge in [-0.2, -0.15) is 0 Å². The van der Waals surface area contributed by atoms with E-state index in [-0.39, 0.29) is 11.9 Å². The van der Waals surface area contributed by atoms with Gasteiger partial charge in [0.05, 0.1) is 0 Å². The van der Waals surface area contributed by atoms with Crippen molar-refractivity contribution in [3.63, 3.8) is 0 Å². The third kappa shape index (κ3) is 5.91. The molecule has 0 aliphatic carbocycles. The van der Waals surface area contributed by atoms with Crippen molar-refractivity contribution in [1.82, 2.24) is 4.72 Å². The van der Waals surface area contributed by atoms with Crippen molar-refractivity contribution in [3.8, 4) is 0 Å². The second-order valence-electron chi connectivity index (χ2n) is 2.25. The fourth-order valence-electron chi connectivity index (χ4n) is 0.524. The van der Waals surface area contributed by atoms with Crippen molar-refractivity contribution in [2.24, 2.45) is 5.73 Å². The topological polar surface area (TPSA) is 55.1 Å². The first kappa shape index (κ1) is 9.78. The summed E-state index contributed by atoms with van der Waals surface area (Å²) in [5.74, 6) is 0.0600. The molecule has 0 aliphatic rings. The van der Waals surface area contributed by atoms with Gasteiger partial charge in [-0.05, 0) is 13.3 Å². The highest BCUT2D eigenvalue weighted by Crippen LogP contribution is 1.94. The van der Waals surface area contributed by atoms with E-state index in [4.69, 9.17) is 5.73 Å². The predicted octanol–water partition coefficient (Wildman–Crippen LogP) is 0.508. The Hall–Kier alpha value is -0.220. The number of carbonyl (C=O) groups excluding carboxylic acids is 1. The molecule has 4 heteroatoms. The quantitative estimate of drug-likeness (QED) is 0.592. The highest BCUT2D eigenvalue weighted by Gasteiger charge is 2.00. The second kappa shape index (κ2) is 5.56. The van der Waals surface area contributed by atoms with E-state index < -0.39 is 0 Å². The Morgan fingerprint density at radius 3 is 2.80 bits per heavy atom. The SMILES string of the molecule is CSNC(=O)CCC(C)N. The molecule has 0 radical (unpaired) electrons. The molecule has 0 fully saturated rings. The van der Waals surface area contributed by atoms with Gasteiger partial charge in [-0.3, -0.25) is 4.79 Å². The molecular formula is C6H14N2OS. The number of nitrogens with two attached hydrogens (primary N) is 1. The van der Waals surface area contributed by atoms with Crippen LogP contribution in [-0.4, -0.2) is 18.2 Å². The van der Waals surface area contributed by atoms with Gasteiger partial charge in [0.25, 0.3) is 0 Å². The van der Waals surface area contributed by atoms with E-state index in [1.54, 1.807) is 0 Å². The molecule has 0 aromatic carbocycles. The Labute approximate surface area is 65.9 Å². The first-order chi connectivity index (χ1) is 4.66. The van der Waals surface area contributed by atoms with Gasteiger partial charge in [0.15, 0.2) is 0 Å². The summed E-state index contributed by atoms with van der Waals surface area (Å²) in [6.45, 7) is 1.90. The first-order valence-corrected chi connectivity index (χ1v) is 4.46. The standard InChI is InChI=1S/C6H14N2OS/c1-5(7)3-4-6(9)8-10-2/h5H,3-4,7H2,1-2H3,(H,8,9). The zero-order valence-corrected chi connectivity index (χ0v) is 7.20. The number of carbonyl (C=O) groups is 1. The van der Waals surface area contributed by atoms with E-state index in [0.717, 1.165) is 6.42 Å². The average Bonchev–Trinajstić information content (AvgIpc) is 1.85. The lowest BCUT2D eigenvalue weighted by molar-refractivity contribution is -0.119. The van der Waals surface area contributed by atoms with Crippen molar-refractivity contribution >= 4 is 17.9 Å². The van der Waals surface area contributed by atoms with Crippen LogP contribution in [0.2, 0.25) is 0 Å². The van der Waals surface area contributed by atoms with Crippen LogP contribution in [0.4, 0.5) is 0 Å². The second-order valence-corrected chi connectivity index (χ2v) is 2.86. The normalized spacial score (nSPS) is 12.7. The fourth-order valence-corrected chi connectivity index (χ4v) is 0.853. The number of hydrogen-bond donors (Lipinski definition) is 2. The van der Waals surface area contributed by atoms with Crippen molar-refractivity contribution in [3.05, 3.63) is 0 Å². The zero-order valence-electron chi connectivity index (χ0n) is 6.39. The minimum absolute atomic E-state index is 0.0600. The highest BCUT2D eigenvalue weighted by molar-refractivity contribution is 7.97. The van der Waals surface area contributed by atoms with Gasteiger partial charge in [-0.1, -0.05) is 11.9 Å². The molecule has 0 saturated heterocycles. The Bertz CT molecular complexity index is 106. The maximum Gasteiger partial charge on any atom is 0.229 e. The molecule has 0 aromatic rings. The van der Waals surface area contributed by atoms with Gasteiger partial charge in [0, 0.05) is 18.7 Å². The number of hydrogen-bond acceptors (Lipinski definition) is 3. The number of nitrogens with one attached hydrogen (secondary N) is 1. The molecule has 0 spiro atoms. The first-order valence-electron chi connectivity index (χ1n) is 3.24. The molecule has 3 nitrogen and oxygen atoms in total. The Balaban J connectivity index is 3.22. The molecular weight excluding hydrogens is 148 g/mol. The molecule has 1 atom stereocenters. The highest BCUT2D eigenvalue weighted by atomic mass is 32.2. The van der Waals surface area contributed by atoms with E-state index in [1.807, 2.05) is 13.2 Å². The van der Waals surface area contributed by atoms with Crippen LogP contribution in [0.3, 0.4) is 0 Å². The molecule has 1 amide bonds. The van der Waals surface area contributed by atoms with Crippen molar-refractivity contribution in [1.29, 1.82) is 0 Å². The van der Waals surface area contributed by atoms with Crippen molar-refractivity contribution in [2.75, 3.05) is 6.26 Å².